The van der Waals surface area contributed by atoms with Gasteiger partial charge in [0.15, 0.2) is 11.5 Å². The van der Waals surface area contributed by atoms with E-state index in [9.17, 15) is 0 Å². The SMILES string of the molecule is CC1C(Cl)CCC1c1ccc2c(c1)OCCO2. The molecule has 1 saturated carbocycles. The first-order valence-electron chi connectivity index (χ1n) is 6.29. The van der Waals surface area contributed by atoms with E-state index in [-0.39, 0.29) is 0 Å². The Morgan fingerprint density at radius 2 is 1.88 bits per heavy atom. The smallest absolute Gasteiger partial charge is 0.161 e. The predicted octanol–water partition coefficient (Wildman–Crippen LogP) is 3.58. The Balaban J connectivity index is 1.88. The summed E-state index contributed by atoms with van der Waals surface area (Å²) in [7, 11) is 0. The Hall–Kier alpha value is -0.890. The van der Waals surface area contributed by atoms with Crippen LogP contribution in [0.15, 0.2) is 18.2 Å². The molecule has 0 bridgehead atoms. The molecule has 1 heterocycles. The van der Waals surface area contributed by atoms with E-state index in [1.807, 2.05) is 6.07 Å². The number of hydrogen-bond acceptors (Lipinski definition) is 2. The minimum absolute atomic E-state index is 0.313. The maximum atomic E-state index is 6.29. The molecule has 0 amide bonds. The molecule has 3 unspecified atom stereocenters. The van der Waals surface area contributed by atoms with Gasteiger partial charge in [0.05, 0.1) is 0 Å². The summed E-state index contributed by atoms with van der Waals surface area (Å²) in [6.07, 6.45) is 2.29. The number of ether oxygens (including phenoxy) is 2. The molecule has 17 heavy (non-hydrogen) atoms. The molecule has 3 rings (SSSR count). The minimum atomic E-state index is 0.313. The number of benzene rings is 1. The Bertz CT molecular complexity index is 419. The molecule has 3 heteroatoms. The van der Waals surface area contributed by atoms with Gasteiger partial charge in [-0.05, 0) is 42.4 Å². The quantitative estimate of drug-likeness (QED) is 0.712. The highest BCUT2D eigenvalue weighted by atomic mass is 35.5. The standard InChI is InChI=1S/C14H17ClO2/c1-9-11(3-4-12(9)15)10-2-5-13-14(8-10)17-7-6-16-13/h2,5,8-9,11-12H,3-4,6-7H2,1H3. The summed E-state index contributed by atoms with van der Waals surface area (Å²) >= 11 is 6.29. The predicted molar refractivity (Wildman–Crippen MR) is 68.2 cm³/mol. The molecule has 1 aliphatic carbocycles. The normalized spacial score (nSPS) is 31.5. The Morgan fingerprint density at radius 3 is 2.59 bits per heavy atom. The lowest BCUT2D eigenvalue weighted by Gasteiger charge is -2.22. The van der Waals surface area contributed by atoms with Crippen LogP contribution in [0.5, 0.6) is 11.5 Å². The zero-order chi connectivity index (χ0) is 11.8. The molecule has 0 saturated heterocycles. The van der Waals surface area contributed by atoms with Crippen LogP contribution in [0.1, 0.15) is 31.2 Å². The Labute approximate surface area is 107 Å². The van der Waals surface area contributed by atoms with Crippen molar-refractivity contribution >= 4 is 11.6 Å². The second-order valence-corrected chi connectivity index (χ2v) is 5.52. The fraction of sp³-hybridized carbons (Fsp3) is 0.571. The highest BCUT2D eigenvalue weighted by Gasteiger charge is 2.32. The highest BCUT2D eigenvalue weighted by Crippen LogP contribution is 2.44. The van der Waals surface area contributed by atoms with E-state index in [1.165, 1.54) is 12.0 Å². The Morgan fingerprint density at radius 1 is 1.12 bits per heavy atom. The van der Waals surface area contributed by atoms with Gasteiger partial charge in [-0.3, -0.25) is 0 Å². The second-order valence-electron chi connectivity index (χ2n) is 4.96. The molecule has 2 aliphatic rings. The molecule has 1 aromatic rings. The lowest BCUT2D eigenvalue weighted by atomic mass is 9.90. The molecular weight excluding hydrogens is 236 g/mol. The molecule has 1 aromatic carbocycles. The highest BCUT2D eigenvalue weighted by molar-refractivity contribution is 6.21. The summed E-state index contributed by atoms with van der Waals surface area (Å²) in [6.45, 7) is 3.54. The second kappa shape index (κ2) is 4.41. The van der Waals surface area contributed by atoms with Gasteiger partial charge in [-0.1, -0.05) is 13.0 Å². The average Bonchev–Trinajstić information content (AvgIpc) is 2.70. The zero-order valence-electron chi connectivity index (χ0n) is 9.99. The summed E-state index contributed by atoms with van der Waals surface area (Å²) < 4.78 is 11.2. The number of fused-ring (bicyclic) bond motifs is 1. The summed E-state index contributed by atoms with van der Waals surface area (Å²) in [6, 6.07) is 6.31. The van der Waals surface area contributed by atoms with Crippen molar-refractivity contribution in [3.05, 3.63) is 23.8 Å². The van der Waals surface area contributed by atoms with Crippen LogP contribution in [0.4, 0.5) is 0 Å². The van der Waals surface area contributed by atoms with E-state index in [0.717, 1.165) is 17.9 Å². The number of halogens is 1. The van der Waals surface area contributed by atoms with Gasteiger partial charge >= 0.3 is 0 Å². The van der Waals surface area contributed by atoms with E-state index >= 15 is 0 Å². The van der Waals surface area contributed by atoms with Crippen molar-refractivity contribution in [2.75, 3.05) is 13.2 Å². The zero-order valence-corrected chi connectivity index (χ0v) is 10.7. The van der Waals surface area contributed by atoms with Crippen molar-refractivity contribution in [1.82, 2.24) is 0 Å². The average molecular weight is 253 g/mol. The first-order valence-corrected chi connectivity index (χ1v) is 6.73. The van der Waals surface area contributed by atoms with Crippen molar-refractivity contribution in [3.8, 4) is 11.5 Å². The number of rotatable bonds is 1. The maximum absolute atomic E-state index is 6.29. The van der Waals surface area contributed by atoms with E-state index in [2.05, 4.69) is 19.1 Å². The molecule has 1 aliphatic heterocycles. The van der Waals surface area contributed by atoms with Crippen LogP contribution in [0.3, 0.4) is 0 Å². The van der Waals surface area contributed by atoms with Gasteiger partial charge in [-0.15, -0.1) is 11.6 Å². The molecule has 0 N–H and O–H groups in total. The molecular formula is C14H17ClO2. The van der Waals surface area contributed by atoms with Crippen molar-refractivity contribution in [3.63, 3.8) is 0 Å². The number of hydrogen-bond donors (Lipinski definition) is 0. The van der Waals surface area contributed by atoms with Crippen LogP contribution < -0.4 is 9.47 Å². The van der Waals surface area contributed by atoms with Crippen LogP contribution >= 0.6 is 11.6 Å². The van der Waals surface area contributed by atoms with Gasteiger partial charge in [0.25, 0.3) is 0 Å². The van der Waals surface area contributed by atoms with Crippen molar-refractivity contribution in [1.29, 1.82) is 0 Å². The maximum Gasteiger partial charge on any atom is 0.161 e. The van der Waals surface area contributed by atoms with Crippen molar-refractivity contribution < 1.29 is 9.47 Å². The van der Waals surface area contributed by atoms with Gasteiger partial charge in [0.1, 0.15) is 13.2 Å². The van der Waals surface area contributed by atoms with E-state index in [4.69, 9.17) is 21.1 Å². The van der Waals surface area contributed by atoms with Crippen LogP contribution in [-0.2, 0) is 0 Å². The van der Waals surface area contributed by atoms with E-state index < -0.39 is 0 Å². The van der Waals surface area contributed by atoms with Gasteiger partial charge < -0.3 is 9.47 Å². The van der Waals surface area contributed by atoms with Gasteiger partial charge in [-0.25, -0.2) is 0 Å². The van der Waals surface area contributed by atoms with Crippen LogP contribution in [-0.4, -0.2) is 18.6 Å². The lowest BCUT2D eigenvalue weighted by molar-refractivity contribution is 0.171. The topological polar surface area (TPSA) is 18.5 Å². The van der Waals surface area contributed by atoms with Gasteiger partial charge in [-0.2, -0.15) is 0 Å². The van der Waals surface area contributed by atoms with Gasteiger partial charge in [0, 0.05) is 5.38 Å². The first-order chi connectivity index (χ1) is 8.25. The van der Waals surface area contributed by atoms with Crippen LogP contribution in [0.25, 0.3) is 0 Å². The molecule has 3 atom stereocenters. The molecule has 2 nitrogen and oxygen atoms in total. The molecule has 1 fully saturated rings. The summed E-state index contributed by atoms with van der Waals surface area (Å²) in [5.74, 6) is 2.86. The van der Waals surface area contributed by atoms with Crippen molar-refractivity contribution in [2.45, 2.75) is 31.1 Å². The van der Waals surface area contributed by atoms with Crippen LogP contribution in [0.2, 0.25) is 0 Å². The third-order valence-electron chi connectivity index (χ3n) is 3.95. The molecule has 0 aromatic heterocycles. The monoisotopic (exact) mass is 252 g/mol. The molecule has 92 valence electrons. The van der Waals surface area contributed by atoms with E-state index in [0.29, 0.717) is 30.4 Å². The fourth-order valence-corrected chi connectivity index (χ4v) is 3.18. The van der Waals surface area contributed by atoms with Crippen LogP contribution in [0, 0.1) is 5.92 Å². The van der Waals surface area contributed by atoms with Crippen molar-refractivity contribution in [2.24, 2.45) is 5.92 Å². The molecule has 0 radical (unpaired) electrons. The summed E-state index contributed by atoms with van der Waals surface area (Å²) in [5.41, 5.74) is 1.34. The molecule has 0 spiro atoms. The largest absolute Gasteiger partial charge is 0.486 e. The first kappa shape index (κ1) is 11.2. The number of alkyl halides is 1. The summed E-state index contributed by atoms with van der Waals surface area (Å²) in [5, 5.41) is 0.313. The third kappa shape index (κ3) is 1.99. The minimum Gasteiger partial charge on any atom is -0.486 e. The fourth-order valence-electron chi connectivity index (χ4n) is 2.88. The lowest BCUT2D eigenvalue weighted by Crippen LogP contribution is -2.16. The third-order valence-corrected chi connectivity index (χ3v) is 4.57. The summed E-state index contributed by atoms with van der Waals surface area (Å²) in [4.78, 5) is 0. The van der Waals surface area contributed by atoms with Gasteiger partial charge in [0.2, 0.25) is 0 Å². The Kier molecular flexibility index (Phi) is 2.91. The van der Waals surface area contributed by atoms with E-state index in [1.54, 1.807) is 0 Å².